The van der Waals surface area contributed by atoms with Gasteiger partial charge < -0.3 is 16.9 Å². The standard InChI is InChI=1S/C11H13N5/c12-8-2-1-3-9(6-8)15-16-10-4-5-11(13)14-7-10/h1-7,15-16H,12H2,(H2,13,14). The number of benzene rings is 1. The van der Waals surface area contributed by atoms with Gasteiger partial charge in [0.2, 0.25) is 0 Å². The maximum Gasteiger partial charge on any atom is 0.123 e. The molecule has 0 radical (unpaired) electrons. The van der Waals surface area contributed by atoms with E-state index >= 15 is 0 Å². The van der Waals surface area contributed by atoms with Crippen molar-refractivity contribution in [2.24, 2.45) is 0 Å². The van der Waals surface area contributed by atoms with Crippen molar-refractivity contribution in [3.05, 3.63) is 42.6 Å². The van der Waals surface area contributed by atoms with Crippen molar-refractivity contribution in [2.75, 3.05) is 22.3 Å². The molecule has 0 unspecified atom stereocenters. The lowest BCUT2D eigenvalue weighted by Gasteiger charge is -2.09. The monoisotopic (exact) mass is 215 g/mol. The Labute approximate surface area is 93.5 Å². The highest BCUT2D eigenvalue weighted by Crippen LogP contribution is 2.13. The topological polar surface area (TPSA) is 89.0 Å². The van der Waals surface area contributed by atoms with E-state index in [1.165, 1.54) is 0 Å². The van der Waals surface area contributed by atoms with Crippen molar-refractivity contribution in [3.8, 4) is 0 Å². The van der Waals surface area contributed by atoms with Crippen LogP contribution in [0.15, 0.2) is 42.6 Å². The number of nitrogens with one attached hydrogen (secondary N) is 2. The third kappa shape index (κ3) is 2.54. The molecule has 82 valence electrons. The molecule has 2 rings (SSSR count). The van der Waals surface area contributed by atoms with Crippen LogP contribution in [0, 0.1) is 0 Å². The Balaban J connectivity index is 1.99. The van der Waals surface area contributed by atoms with Crippen LogP contribution < -0.4 is 22.3 Å². The molecular formula is C11H13N5. The van der Waals surface area contributed by atoms with Crippen molar-refractivity contribution >= 4 is 22.9 Å². The predicted molar refractivity (Wildman–Crippen MR) is 66.7 cm³/mol. The van der Waals surface area contributed by atoms with Crippen LogP contribution in [0.25, 0.3) is 0 Å². The van der Waals surface area contributed by atoms with E-state index in [1.807, 2.05) is 30.3 Å². The fraction of sp³-hybridized carbons (Fsp3) is 0. The quantitative estimate of drug-likeness (QED) is 0.462. The van der Waals surface area contributed by atoms with Gasteiger partial charge >= 0.3 is 0 Å². The molecule has 1 heterocycles. The van der Waals surface area contributed by atoms with Gasteiger partial charge in [-0.15, -0.1) is 0 Å². The minimum Gasteiger partial charge on any atom is -0.399 e. The molecule has 0 amide bonds. The SMILES string of the molecule is Nc1cccc(NNc2ccc(N)nc2)c1. The molecule has 16 heavy (non-hydrogen) atoms. The molecule has 0 atom stereocenters. The largest absolute Gasteiger partial charge is 0.399 e. The second-order valence-electron chi connectivity index (χ2n) is 3.35. The number of nitrogen functional groups attached to an aromatic ring is 2. The average Bonchev–Trinajstić information content (AvgIpc) is 2.28. The van der Waals surface area contributed by atoms with Crippen LogP contribution >= 0.6 is 0 Å². The fourth-order valence-corrected chi connectivity index (χ4v) is 1.24. The van der Waals surface area contributed by atoms with E-state index in [-0.39, 0.29) is 0 Å². The zero-order valence-electron chi connectivity index (χ0n) is 8.64. The van der Waals surface area contributed by atoms with Crippen LogP contribution in [0.3, 0.4) is 0 Å². The molecule has 0 saturated heterocycles. The number of pyridine rings is 1. The van der Waals surface area contributed by atoms with Gasteiger partial charge in [-0.2, -0.15) is 0 Å². The molecule has 6 N–H and O–H groups in total. The Morgan fingerprint density at radius 1 is 0.938 bits per heavy atom. The third-order valence-electron chi connectivity index (χ3n) is 2.02. The van der Waals surface area contributed by atoms with E-state index in [0.29, 0.717) is 11.5 Å². The summed E-state index contributed by atoms with van der Waals surface area (Å²) >= 11 is 0. The molecule has 1 aromatic carbocycles. The molecule has 0 aliphatic carbocycles. The zero-order chi connectivity index (χ0) is 11.4. The molecule has 2 aromatic rings. The molecule has 0 aliphatic heterocycles. The predicted octanol–water partition coefficient (Wildman–Crippen LogP) is 1.68. The first-order valence-corrected chi connectivity index (χ1v) is 4.83. The summed E-state index contributed by atoms with van der Waals surface area (Å²) in [5.74, 6) is 0.495. The van der Waals surface area contributed by atoms with Gasteiger partial charge in [0.15, 0.2) is 0 Å². The van der Waals surface area contributed by atoms with Crippen molar-refractivity contribution in [3.63, 3.8) is 0 Å². The van der Waals surface area contributed by atoms with Crippen LogP contribution in [0.1, 0.15) is 0 Å². The molecule has 0 spiro atoms. The second kappa shape index (κ2) is 4.39. The van der Waals surface area contributed by atoms with Crippen molar-refractivity contribution < 1.29 is 0 Å². The first kappa shape index (κ1) is 10.1. The third-order valence-corrected chi connectivity index (χ3v) is 2.02. The lowest BCUT2D eigenvalue weighted by Crippen LogP contribution is -2.09. The Hall–Kier alpha value is -2.43. The lowest BCUT2D eigenvalue weighted by atomic mass is 10.3. The fourth-order valence-electron chi connectivity index (χ4n) is 1.24. The van der Waals surface area contributed by atoms with Crippen LogP contribution in [-0.2, 0) is 0 Å². The molecular weight excluding hydrogens is 202 g/mol. The summed E-state index contributed by atoms with van der Waals surface area (Å²) in [6, 6.07) is 11.0. The smallest absolute Gasteiger partial charge is 0.123 e. The Morgan fingerprint density at radius 2 is 1.75 bits per heavy atom. The first-order valence-electron chi connectivity index (χ1n) is 4.83. The number of rotatable bonds is 3. The van der Waals surface area contributed by atoms with Gasteiger partial charge in [0.05, 0.1) is 17.6 Å². The number of anilines is 4. The highest BCUT2D eigenvalue weighted by Gasteiger charge is 1.93. The Kier molecular flexibility index (Phi) is 2.77. The summed E-state index contributed by atoms with van der Waals surface area (Å²) in [7, 11) is 0. The average molecular weight is 215 g/mol. The van der Waals surface area contributed by atoms with E-state index in [9.17, 15) is 0 Å². The van der Waals surface area contributed by atoms with Crippen LogP contribution in [0.4, 0.5) is 22.9 Å². The molecule has 0 saturated carbocycles. The number of nitrogens with zero attached hydrogens (tertiary/aromatic N) is 1. The number of nitrogens with two attached hydrogens (primary N) is 2. The highest BCUT2D eigenvalue weighted by atomic mass is 15.4. The van der Waals surface area contributed by atoms with Gasteiger partial charge in [0.1, 0.15) is 5.82 Å². The summed E-state index contributed by atoms with van der Waals surface area (Å²) in [6.45, 7) is 0. The molecule has 5 nitrogen and oxygen atoms in total. The van der Waals surface area contributed by atoms with E-state index in [1.54, 1.807) is 12.3 Å². The summed E-state index contributed by atoms with van der Waals surface area (Å²) in [6.07, 6.45) is 1.65. The lowest BCUT2D eigenvalue weighted by molar-refractivity contribution is 1.30. The van der Waals surface area contributed by atoms with E-state index in [4.69, 9.17) is 11.5 Å². The normalized spacial score (nSPS) is 9.75. The van der Waals surface area contributed by atoms with E-state index in [2.05, 4.69) is 15.8 Å². The van der Waals surface area contributed by atoms with Crippen molar-refractivity contribution in [1.82, 2.24) is 4.98 Å². The highest BCUT2D eigenvalue weighted by molar-refractivity contribution is 5.57. The van der Waals surface area contributed by atoms with Crippen molar-refractivity contribution in [2.45, 2.75) is 0 Å². The van der Waals surface area contributed by atoms with Crippen molar-refractivity contribution in [1.29, 1.82) is 0 Å². The summed E-state index contributed by atoms with van der Waals surface area (Å²) in [4.78, 5) is 3.96. The van der Waals surface area contributed by atoms with E-state index < -0.39 is 0 Å². The van der Waals surface area contributed by atoms with Gasteiger partial charge in [-0.25, -0.2) is 4.98 Å². The van der Waals surface area contributed by atoms with Gasteiger partial charge in [-0.05, 0) is 30.3 Å². The van der Waals surface area contributed by atoms with Crippen LogP contribution in [0.5, 0.6) is 0 Å². The maximum absolute atomic E-state index is 5.65. The van der Waals surface area contributed by atoms with Gasteiger partial charge in [-0.1, -0.05) is 6.07 Å². The number of hydrogen-bond donors (Lipinski definition) is 4. The molecule has 0 aliphatic rings. The minimum atomic E-state index is 0.495. The Morgan fingerprint density at radius 3 is 2.44 bits per heavy atom. The summed E-state index contributed by atoms with van der Waals surface area (Å²) in [5.41, 5.74) is 19.6. The molecule has 1 aromatic heterocycles. The summed E-state index contributed by atoms with van der Waals surface area (Å²) < 4.78 is 0. The van der Waals surface area contributed by atoms with Crippen LogP contribution in [0.2, 0.25) is 0 Å². The maximum atomic E-state index is 5.65. The number of hydrazine groups is 1. The van der Waals surface area contributed by atoms with Gasteiger partial charge in [0, 0.05) is 5.69 Å². The first-order chi connectivity index (χ1) is 7.74. The second-order valence-corrected chi connectivity index (χ2v) is 3.35. The number of hydrogen-bond acceptors (Lipinski definition) is 5. The molecule has 0 fully saturated rings. The molecule has 5 heteroatoms. The summed E-state index contributed by atoms with van der Waals surface area (Å²) in [5, 5.41) is 0. The minimum absolute atomic E-state index is 0.495. The Bertz CT molecular complexity index is 466. The van der Waals surface area contributed by atoms with Gasteiger partial charge in [-0.3, -0.25) is 5.43 Å². The van der Waals surface area contributed by atoms with Gasteiger partial charge in [0.25, 0.3) is 0 Å². The van der Waals surface area contributed by atoms with Crippen LogP contribution in [-0.4, -0.2) is 4.98 Å². The molecule has 0 bridgehead atoms. The zero-order valence-corrected chi connectivity index (χ0v) is 8.64. The van der Waals surface area contributed by atoms with E-state index in [0.717, 1.165) is 11.4 Å². The number of aromatic nitrogens is 1.